The first-order valence-electron chi connectivity index (χ1n) is 10.3. The van der Waals surface area contributed by atoms with E-state index in [1.54, 1.807) is 13.3 Å². The Bertz CT molecular complexity index is 1180. The first kappa shape index (κ1) is 20.1. The molecule has 7 heteroatoms. The highest BCUT2D eigenvalue weighted by Crippen LogP contribution is 2.41. The number of rotatable bonds is 6. The molecule has 32 heavy (non-hydrogen) atoms. The normalized spacial score (nSPS) is 17.8. The molecule has 2 aromatic heterocycles. The van der Waals surface area contributed by atoms with E-state index in [1.165, 1.54) is 0 Å². The second-order valence-corrected chi connectivity index (χ2v) is 7.78. The van der Waals surface area contributed by atoms with E-state index in [0.29, 0.717) is 5.11 Å². The highest BCUT2D eigenvalue weighted by molar-refractivity contribution is 7.80. The predicted molar refractivity (Wildman–Crippen MR) is 128 cm³/mol. The molecule has 0 radical (unpaired) electrons. The molecule has 0 bridgehead atoms. The Morgan fingerprint density at radius 2 is 1.59 bits per heavy atom. The zero-order valence-corrected chi connectivity index (χ0v) is 18.3. The maximum Gasteiger partial charge on any atom is 0.174 e. The highest BCUT2D eigenvalue weighted by atomic mass is 32.1. The van der Waals surface area contributed by atoms with E-state index in [1.807, 2.05) is 79.0 Å². The number of hydrogen-bond acceptors (Lipinski definition) is 4. The Kier molecular flexibility index (Phi) is 5.47. The van der Waals surface area contributed by atoms with Crippen molar-refractivity contribution < 1.29 is 9.47 Å². The smallest absolute Gasteiger partial charge is 0.174 e. The van der Waals surface area contributed by atoms with Gasteiger partial charge in [0, 0.05) is 23.8 Å². The molecule has 1 aliphatic rings. The summed E-state index contributed by atoms with van der Waals surface area (Å²) in [4.78, 5) is 10.0. The van der Waals surface area contributed by atoms with Crippen molar-refractivity contribution in [1.82, 2.24) is 15.3 Å². The first-order chi connectivity index (χ1) is 15.7. The Labute approximate surface area is 191 Å². The van der Waals surface area contributed by atoms with Crippen LogP contribution < -0.4 is 19.7 Å². The van der Waals surface area contributed by atoms with Crippen LogP contribution in [0, 0.1) is 0 Å². The van der Waals surface area contributed by atoms with Gasteiger partial charge in [-0.1, -0.05) is 6.07 Å². The Morgan fingerprint density at radius 1 is 0.875 bits per heavy atom. The standard InChI is InChI=1S/C25H22N4O2S/c1-30-18-11-13-20(14-12-18)31-19-9-7-17(8-10-19)29-24(22-6-4-16-27-22)23(28-25(29)32)21-5-2-3-15-26-21/h2-16,23-24,27H,1H3,(H,28,32)/t23-,24-/m0/s1. The van der Waals surface area contributed by atoms with Gasteiger partial charge in [0.15, 0.2) is 5.11 Å². The third-order valence-electron chi connectivity index (χ3n) is 5.45. The summed E-state index contributed by atoms with van der Waals surface area (Å²) in [5.41, 5.74) is 2.98. The van der Waals surface area contributed by atoms with E-state index >= 15 is 0 Å². The van der Waals surface area contributed by atoms with Gasteiger partial charge in [-0.25, -0.2) is 0 Å². The number of H-pyrrole nitrogens is 1. The van der Waals surface area contributed by atoms with Crippen LogP contribution in [-0.2, 0) is 0 Å². The van der Waals surface area contributed by atoms with Gasteiger partial charge in [-0.05, 0) is 85.0 Å². The van der Waals surface area contributed by atoms with Crippen molar-refractivity contribution in [3.63, 3.8) is 0 Å². The van der Waals surface area contributed by atoms with Crippen LogP contribution in [0.1, 0.15) is 23.5 Å². The van der Waals surface area contributed by atoms with Crippen molar-refractivity contribution in [2.45, 2.75) is 12.1 Å². The molecular weight excluding hydrogens is 420 g/mol. The number of anilines is 1. The number of methoxy groups -OCH3 is 1. The molecule has 1 fully saturated rings. The summed E-state index contributed by atoms with van der Waals surface area (Å²) in [6.45, 7) is 0. The van der Waals surface area contributed by atoms with E-state index in [4.69, 9.17) is 21.7 Å². The minimum atomic E-state index is -0.0717. The molecule has 4 aromatic rings. The zero-order valence-electron chi connectivity index (χ0n) is 17.4. The third kappa shape index (κ3) is 3.90. The molecule has 160 valence electrons. The number of thiocarbonyl (C=S) groups is 1. The topological polar surface area (TPSA) is 62.4 Å². The Balaban J connectivity index is 1.42. The van der Waals surface area contributed by atoms with E-state index < -0.39 is 0 Å². The SMILES string of the molecule is COc1ccc(Oc2ccc(N3C(=S)N[C@@H](c4ccccn4)[C@@H]3c3ccc[nH]3)cc2)cc1. The number of pyridine rings is 1. The third-order valence-corrected chi connectivity index (χ3v) is 5.76. The number of ether oxygens (including phenoxy) is 2. The van der Waals surface area contributed by atoms with Gasteiger partial charge in [-0.2, -0.15) is 0 Å². The summed E-state index contributed by atoms with van der Waals surface area (Å²) >= 11 is 5.74. The second kappa shape index (κ2) is 8.72. The second-order valence-electron chi connectivity index (χ2n) is 7.39. The molecule has 2 N–H and O–H groups in total. The van der Waals surface area contributed by atoms with Gasteiger partial charge in [0.05, 0.1) is 18.8 Å². The summed E-state index contributed by atoms with van der Waals surface area (Å²) in [6.07, 6.45) is 3.73. The number of hydrogen-bond donors (Lipinski definition) is 2. The molecule has 1 aliphatic heterocycles. The average molecular weight is 443 g/mol. The summed E-state index contributed by atoms with van der Waals surface area (Å²) < 4.78 is 11.2. The fourth-order valence-electron chi connectivity index (χ4n) is 3.93. The zero-order chi connectivity index (χ0) is 21.9. The molecule has 2 atom stereocenters. The lowest BCUT2D eigenvalue weighted by atomic mass is 10.0. The molecular formula is C25H22N4O2S. The molecule has 2 aromatic carbocycles. The van der Waals surface area contributed by atoms with E-state index in [2.05, 4.69) is 26.3 Å². The maximum absolute atomic E-state index is 5.97. The van der Waals surface area contributed by atoms with Crippen molar-refractivity contribution >= 4 is 23.0 Å². The number of aromatic nitrogens is 2. The van der Waals surface area contributed by atoms with Gasteiger partial charge in [0.25, 0.3) is 0 Å². The van der Waals surface area contributed by atoms with Crippen LogP contribution in [0.3, 0.4) is 0 Å². The summed E-state index contributed by atoms with van der Waals surface area (Å²) in [5.74, 6) is 2.28. The lowest BCUT2D eigenvalue weighted by Crippen LogP contribution is -2.29. The Morgan fingerprint density at radius 3 is 2.22 bits per heavy atom. The molecule has 0 unspecified atom stereocenters. The van der Waals surface area contributed by atoms with Gasteiger partial charge in [0.1, 0.15) is 23.3 Å². The van der Waals surface area contributed by atoms with Crippen molar-refractivity contribution in [2.24, 2.45) is 0 Å². The molecule has 1 saturated heterocycles. The number of nitrogens with one attached hydrogen (secondary N) is 2. The number of aromatic amines is 1. The van der Waals surface area contributed by atoms with Gasteiger partial charge in [0.2, 0.25) is 0 Å². The predicted octanol–water partition coefficient (Wildman–Crippen LogP) is 5.39. The molecule has 6 nitrogen and oxygen atoms in total. The summed E-state index contributed by atoms with van der Waals surface area (Å²) in [7, 11) is 1.64. The molecule has 0 spiro atoms. The molecule has 5 rings (SSSR count). The van der Waals surface area contributed by atoms with Crippen molar-refractivity contribution in [2.75, 3.05) is 12.0 Å². The lowest BCUT2D eigenvalue weighted by Gasteiger charge is -2.27. The average Bonchev–Trinajstić information content (AvgIpc) is 3.48. The van der Waals surface area contributed by atoms with Crippen LogP contribution in [0.2, 0.25) is 0 Å². The molecule has 0 saturated carbocycles. The summed E-state index contributed by atoms with van der Waals surface area (Å²) in [5, 5.41) is 4.11. The fraction of sp³-hybridized carbons (Fsp3) is 0.120. The van der Waals surface area contributed by atoms with Crippen LogP contribution in [0.5, 0.6) is 17.2 Å². The van der Waals surface area contributed by atoms with Crippen LogP contribution >= 0.6 is 12.2 Å². The molecule has 3 heterocycles. The maximum atomic E-state index is 5.97. The van der Waals surface area contributed by atoms with Crippen LogP contribution in [0.15, 0.2) is 91.3 Å². The van der Waals surface area contributed by atoms with E-state index in [-0.39, 0.29) is 12.1 Å². The number of benzene rings is 2. The largest absolute Gasteiger partial charge is 0.497 e. The summed E-state index contributed by atoms with van der Waals surface area (Å²) in [6, 6.07) is 25.3. The molecule has 0 aliphatic carbocycles. The minimum absolute atomic E-state index is 0.0549. The van der Waals surface area contributed by atoms with Crippen LogP contribution in [0.4, 0.5) is 5.69 Å². The van der Waals surface area contributed by atoms with E-state index in [9.17, 15) is 0 Å². The van der Waals surface area contributed by atoms with Gasteiger partial charge in [-0.15, -0.1) is 0 Å². The van der Waals surface area contributed by atoms with Gasteiger partial charge < -0.3 is 24.7 Å². The number of nitrogens with zero attached hydrogens (tertiary/aromatic N) is 2. The lowest BCUT2D eigenvalue weighted by molar-refractivity contribution is 0.413. The van der Waals surface area contributed by atoms with E-state index in [0.717, 1.165) is 34.3 Å². The Hall–Kier alpha value is -3.84. The van der Waals surface area contributed by atoms with Crippen molar-refractivity contribution in [1.29, 1.82) is 0 Å². The first-order valence-corrected chi connectivity index (χ1v) is 10.7. The van der Waals surface area contributed by atoms with Crippen molar-refractivity contribution in [3.8, 4) is 17.2 Å². The van der Waals surface area contributed by atoms with Gasteiger partial charge >= 0.3 is 0 Å². The molecule has 0 amide bonds. The van der Waals surface area contributed by atoms with Gasteiger partial charge in [-0.3, -0.25) is 4.98 Å². The minimum Gasteiger partial charge on any atom is -0.497 e. The highest BCUT2D eigenvalue weighted by Gasteiger charge is 2.41. The van der Waals surface area contributed by atoms with Crippen LogP contribution in [0.25, 0.3) is 0 Å². The fourth-order valence-corrected chi connectivity index (χ4v) is 4.28. The van der Waals surface area contributed by atoms with Crippen molar-refractivity contribution in [3.05, 3.63) is 103 Å². The monoisotopic (exact) mass is 442 g/mol. The van der Waals surface area contributed by atoms with Crippen LogP contribution in [-0.4, -0.2) is 22.2 Å². The quantitative estimate of drug-likeness (QED) is 0.391.